The number of carbonyl (C=O) groups excluding carboxylic acids is 1. The molecule has 4 aliphatic rings. The van der Waals surface area contributed by atoms with Gasteiger partial charge in [0.05, 0.1) is 21.4 Å². The molecule has 8 nitrogen and oxygen atoms in total. The highest BCUT2D eigenvalue weighted by molar-refractivity contribution is 7.99. The molecule has 0 radical (unpaired) electrons. The lowest BCUT2D eigenvalue weighted by molar-refractivity contribution is -0.120. The number of para-hydroxylation sites is 1. The van der Waals surface area contributed by atoms with Crippen LogP contribution in [0.2, 0.25) is 5.02 Å². The maximum atomic E-state index is 13.3. The fourth-order valence-corrected chi connectivity index (χ4v) is 10.7. The lowest BCUT2D eigenvalue weighted by atomic mass is 9.49. The monoisotopic (exact) mass is 683 g/mol. The van der Waals surface area contributed by atoms with E-state index in [1.54, 1.807) is 42.5 Å². The molecule has 4 bridgehead atoms. The van der Waals surface area contributed by atoms with Crippen molar-refractivity contribution < 1.29 is 13.2 Å². The molecule has 248 valence electrons. The van der Waals surface area contributed by atoms with Crippen LogP contribution in [0.3, 0.4) is 0 Å². The van der Waals surface area contributed by atoms with Gasteiger partial charge < -0.3 is 5.32 Å². The van der Waals surface area contributed by atoms with Gasteiger partial charge in [-0.3, -0.25) is 14.1 Å². The Morgan fingerprint density at radius 1 is 1.00 bits per heavy atom. The van der Waals surface area contributed by atoms with Crippen molar-refractivity contribution in [2.24, 2.45) is 29.1 Å². The molecule has 1 heterocycles. The van der Waals surface area contributed by atoms with Gasteiger partial charge in [0.25, 0.3) is 10.0 Å². The van der Waals surface area contributed by atoms with Gasteiger partial charge in [0.1, 0.15) is 0 Å². The van der Waals surface area contributed by atoms with Crippen molar-refractivity contribution >= 4 is 45.0 Å². The van der Waals surface area contributed by atoms with Crippen molar-refractivity contribution in [3.05, 3.63) is 53.6 Å². The number of carbonyl (C=O) groups is 1. The molecule has 2 N–H and O–H groups in total. The van der Waals surface area contributed by atoms with E-state index in [2.05, 4.69) is 45.6 Å². The van der Waals surface area contributed by atoms with Gasteiger partial charge in [0, 0.05) is 18.2 Å². The van der Waals surface area contributed by atoms with Crippen LogP contribution in [0.5, 0.6) is 0 Å². The summed E-state index contributed by atoms with van der Waals surface area (Å²) in [5, 5.41) is 13.4. The third-order valence-corrected chi connectivity index (χ3v) is 12.8. The molecule has 1 aromatic heterocycles. The first-order chi connectivity index (χ1) is 22.0. The number of hydrogen-bond donors (Lipinski definition) is 2. The Morgan fingerprint density at radius 2 is 1.70 bits per heavy atom. The fraction of sp³-hybridized carbons (Fsp3) is 0.571. The summed E-state index contributed by atoms with van der Waals surface area (Å²) in [6.45, 7) is 7.37. The van der Waals surface area contributed by atoms with E-state index in [1.165, 1.54) is 50.3 Å². The first-order valence-electron chi connectivity index (χ1n) is 16.7. The SMILES string of the molecule is CC(C)CCCC(C)n1c(SCC(=O)NCC23CC4CC(CC(C4)C2)C3)nnc1-c1cccc(S(=O)(=O)Nc2ccccc2Cl)c1. The van der Waals surface area contributed by atoms with Crippen LogP contribution in [0.4, 0.5) is 5.69 Å². The van der Waals surface area contributed by atoms with Gasteiger partial charge in [0.15, 0.2) is 11.0 Å². The second-order valence-electron chi connectivity index (χ2n) is 14.4. The molecule has 11 heteroatoms. The standard InChI is InChI=1S/C35H46ClN5O3S2/c1-23(2)8-6-9-24(3)41-33(28-10-7-11-29(17-28)46(43,44)40-31-13-5-4-12-30(31)36)38-39-34(41)45-21-32(42)37-22-35-18-25-14-26(19-35)16-27(15-25)20-35/h4-5,7,10-13,17,23-27,40H,6,8-9,14-16,18-22H2,1-3H3,(H,37,42). The lowest BCUT2D eigenvalue weighted by Crippen LogP contribution is -2.51. The first-order valence-corrected chi connectivity index (χ1v) is 19.6. The molecule has 4 fully saturated rings. The second kappa shape index (κ2) is 13.9. The molecule has 0 spiro atoms. The Kier molecular flexibility index (Phi) is 10.1. The van der Waals surface area contributed by atoms with Crippen molar-refractivity contribution in [1.29, 1.82) is 0 Å². The lowest BCUT2D eigenvalue weighted by Gasteiger charge is -2.56. The number of aromatic nitrogens is 3. The number of amides is 1. The third kappa shape index (κ3) is 7.60. The number of sulfonamides is 1. The molecule has 1 unspecified atom stereocenters. The minimum Gasteiger partial charge on any atom is -0.355 e. The summed E-state index contributed by atoms with van der Waals surface area (Å²) >= 11 is 7.63. The quantitative estimate of drug-likeness (QED) is 0.166. The highest BCUT2D eigenvalue weighted by Gasteiger charge is 2.50. The molecule has 0 aliphatic heterocycles. The van der Waals surface area contributed by atoms with E-state index in [9.17, 15) is 13.2 Å². The molecule has 2 aromatic carbocycles. The van der Waals surface area contributed by atoms with Crippen molar-refractivity contribution in [2.75, 3.05) is 17.0 Å². The zero-order valence-corrected chi connectivity index (χ0v) is 29.4. The van der Waals surface area contributed by atoms with E-state index in [4.69, 9.17) is 11.6 Å². The van der Waals surface area contributed by atoms with E-state index >= 15 is 0 Å². The Morgan fingerprint density at radius 3 is 2.37 bits per heavy atom. The van der Waals surface area contributed by atoms with E-state index in [0.717, 1.165) is 43.6 Å². The van der Waals surface area contributed by atoms with Crippen LogP contribution < -0.4 is 10.0 Å². The number of thioether (sulfide) groups is 1. The van der Waals surface area contributed by atoms with Gasteiger partial charge in [-0.2, -0.15) is 0 Å². The largest absolute Gasteiger partial charge is 0.355 e. The summed E-state index contributed by atoms with van der Waals surface area (Å²) in [4.78, 5) is 13.3. The van der Waals surface area contributed by atoms with Gasteiger partial charge >= 0.3 is 0 Å². The highest BCUT2D eigenvalue weighted by Crippen LogP contribution is 2.59. The number of benzene rings is 2. The zero-order chi connectivity index (χ0) is 32.5. The molecule has 1 atom stereocenters. The predicted molar refractivity (Wildman–Crippen MR) is 185 cm³/mol. The first kappa shape index (κ1) is 33.3. The fourth-order valence-electron chi connectivity index (χ4n) is 8.44. The average molecular weight is 684 g/mol. The van der Waals surface area contributed by atoms with Crippen LogP contribution in [-0.2, 0) is 14.8 Å². The number of anilines is 1. The minimum atomic E-state index is -3.91. The summed E-state index contributed by atoms with van der Waals surface area (Å²) in [5.74, 6) is 4.04. The van der Waals surface area contributed by atoms with Crippen molar-refractivity contribution in [2.45, 2.75) is 94.7 Å². The predicted octanol–water partition coefficient (Wildman–Crippen LogP) is 8.21. The van der Waals surface area contributed by atoms with E-state index in [0.29, 0.717) is 38.6 Å². The smallest absolute Gasteiger partial charge is 0.261 e. The molecule has 7 rings (SSSR count). The molecule has 4 saturated carbocycles. The Labute approximate surface area is 282 Å². The summed E-state index contributed by atoms with van der Waals surface area (Å²) in [7, 11) is -3.91. The molecule has 0 saturated heterocycles. The summed E-state index contributed by atoms with van der Waals surface area (Å²) in [6, 6.07) is 13.5. The van der Waals surface area contributed by atoms with Gasteiger partial charge in [0.2, 0.25) is 5.91 Å². The Hall–Kier alpha value is -2.56. The van der Waals surface area contributed by atoms with Gasteiger partial charge in [-0.25, -0.2) is 8.42 Å². The van der Waals surface area contributed by atoms with Crippen LogP contribution in [0.15, 0.2) is 58.6 Å². The third-order valence-electron chi connectivity index (χ3n) is 10.2. The van der Waals surface area contributed by atoms with Crippen molar-refractivity contribution in [1.82, 2.24) is 20.1 Å². The van der Waals surface area contributed by atoms with Gasteiger partial charge in [-0.15, -0.1) is 10.2 Å². The van der Waals surface area contributed by atoms with Crippen LogP contribution in [0, 0.1) is 29.1 Å². The molecule has 4 aliphatic carbocycles. The molecular weight excluding hydrogens is 638 g/mol. The maximum Gasteiger partial charge on any atom is 0.261 e. The van der Waals surface area contributed by atoms with Crippen molar-refractivity contribution in [3.8, 4) is 11.4 Å². The van der Waals surface area contributed by atoms with Crippen LogP contribution >= 0.6 is 23.4 Å². The second-order valence-corrected chi connectivity index (χ2v) is 17.5. The van der Waals surface area contributed by atoms with E-state index in [-0.39, 0.29) is 22.6 Å². The highest BCUT2D eigenvalue weighted by atomic mass is 35.5. The number of nitrogens with one attached hydrogen (secondary N) is 2. The van der Waals surface area contributed by atoms with E-state index < -0.39 is 10.0 Å². The number of nitrogens with zero attached hydrogens (tertiary/aromatic N) is 3. The Bertz CT molecular complexity index is 1620. The minimum absolute atomic E-state index is 0.0306. The van der Waals surface area contributed by atoms with Gasteiger partial charge in [-0.1, -0.05) is 74.3 Å². The average Bonchev–Trinajstić information content (AvgIpc) is 3.43. The summed E-state index contributed by atoms with van der Waals surface area (Å²) < 4.78 is 31.4. The topological polar surface area (TPSA) is 106 Å². The summed E-state index contributed by atoms with van der Waals surface area (Å²) in [6.07, 6.45) is 11.0. The van der Waals surface area contributed by atoms with Crippen LogP contribution in [0.1, 0.15) is 84.6 Å². The van der Waals surface area contributed by atoms with E-state index in [1.807, 2.05) is 6.07 Å². The zero-order valence-electron chi connectivity index (χ0n) is 27.0. The van der Waals surface area contributed by atoms with Crippen molar-refractivity contribution in [3.63, 3.8) is 0 Å². The molecule has 3 aromatic rings. The molecular formula is C35H46ClN5O3S2. The van der Waals surface area contributed by atoms with Crippen LogP contribution in [0.25, 0.3) is 11.4 Å². The Balaban J connectivity index is 1.18. The maximum absolute atomic E-state index is 13.3. The molecule has 46 heavy (non-hydrogen) atoms. The molecule has 1 amide bonds. The normalized spacial score (nSPS) is 24.3. The number of halogens is 1. The summed E-state index contributed by atoms with van der Waals surface area (Å²) in [5.41, 5.74) is 1.25. The van der Waals surface area contributed by atoms with Gasteiger partial charge in [-0.05, 0) is 105 Å². The number of hydrogen-bond acceptors (Lipinski definition) is 6. The number of rotatable bonds is 14. The van der Waals surface area contributed by atoms with Crippen LogP contribution in [-0.4, -0.2) is 41.4 Å².